The zero-order chi connectivity index (χ0) is 13.6. The first-order chi connectivity index (χ1) is 9.13. The average Bonchev–Trinajstić information content (AvgIpc) is 2.71. The lowest BCUT2D eigenvalue weighted by atomic mass is 9.75. The van der Waals surface area contributed by atoms with Gasteiger partial charge in [0, 0.05) is 24.1 Å². The highest BCUT2D eigenvalue weighted by molar-refractivity contribution is 5.52. The molecule has 0 aromatic heterocycles. The summed E-state index contributed by atoms with van der Waals surface area (Å²) in [6.45, 7) is 6.88. The SMILES string of the molecule is CCCN1C[C@H](C)[C@@H]2c3ccc(O)c(O)c3CC[C@@H]21. The summed E-state index contributed by atoms with van der Waals surface area (Å²) in [7, 11) is 0. The molecular weight excluding hydrogens is 238 g/mol. The molecule has 1 aromatic carbocycles. The molecule has 104 valence electrons. The van der Waals surface area contributed by atoms with Crippen molar-refractivity contribution >= 4 is 0 Å². The van der Waals surface area contributed by atoms with Crippen molar-refractivity contribution in [3.8, 4) is 11.5 Å². The predicted octanol–water partition coefficient (Wildman–Crippen LogP) is 2.86. The molecule has 1 saturated heterocycles. The third-order valence-electron chi connectivity index (χ3n) is 4.88. The summed E-state index contributed by atoms with van der Waals surface area (Å²) in [6.07, 6.45) is 3.17. The normalized spacial score (nSPS) is 30.1. The molecular formula is C16H23NO2. The van der Waals surface area contributed by atoms with Crippen LogP contribution in [0.25, 0.3) is 0 Å². The Hall–Kier alpha value is -1.22. The Morgan fingerprint density at radius 3 is 2.84 bits per heavy atom. The molecule has 3 atom stereocenters. The van der Waals surface area contributed by atoms with Crippen LogP contribution in [0.1, 0.15) is 43.7 Å². The minimum Gasteiger partial charge on any atom is -0.504 e. The van der Waals surface area contributed by atoms with E-state index >= 15 is 0 Å². The van der Waals surface area contributed by atoms with E-state index in [-0.39, 0.29) is 11.5 Å². The van der Waals surface area contributed by atoms with E-state index < -0.39 is 0 Å². The highest BCUT2D eigenvalue weighted by atomic mass is 16.3. The maximum absolute atomic E-state index is 10.1. The monoisotopic (exact) mass is 261 g/mol. The Balaban J connectivity index is 1.99. The van der Waals surface area contributed by atoms with Crippen molar-refractivity contribution in [1.82, 2.24) is 4.90 Å². The largest absolute Gasteiger partial charge is 0.504 e. The lowest BCUT2D eigenvalue weighted by Gasteiger charge is -2.34. The first-order valence-electron chi connectivity index (χ1n) is 7.41. The van der Waals surface area contributed by atoms with Crippen LogP contribution in [-0.4, -0.2) is 34.2 Å². The van der Waals surface area contributed by atoms with Gasteiger partial charge in [-0.05, 0) is 43.4 Å². The van der Waals surface area contributed by atoms with Gasteiger partial charge in [0.1, 0.15) is 0 Å². The van der Waals surface area contributed by atoms with Crippen molar-refractivity contribution in [2.75, 3.05) is 13.1 Å². The maximum Gasteiger partial charge on any atom is 0.160 e. The van der Waals surface area contributed by atoms with Gasteiger partial charge in [-0.25, -0.2) is 0 Å². The zero-order valence-electron chi connectivity index (χ0n) is 11.8. The van der Waals surface area contributed by atoms with Crippen LogP contribution >= 0.6 is 0 Å². The van der Waals surface area contributed by atoms with Crippen LogP contribution in [0.15, 0.2) is 12.1 Å². The van der Waals surface area contributed by atoms with E-state index in [4.69, 9.17) is 0 Å². The number of phenols is 2. The molecule has 19 heavy (non-hydrogen) atoms. The third-order valence-corrected chi connectivity index (χ3v) is 4.88. The van der Waals surface area contributed by atoms with Crippen molar-refractivity contribution in [1.29, 1.82) is 0 Å². The van der Waals surface area contributed by atoms with E-state index in [9.17, 15) is 10.2 Å². The molecule has 3 rings (SSSR count). The lowest BCUT2D eigenvalue weighted by molar-refractivity contribution is 0.226. The van der Waals surface area contributed by atoms with Crippen LogP contribution in [0, 0.1) is 5.92 Å². The van der Waals surface area contributed by atoms with Crippen molar-refractivity contribution in [3.63, 3.8) is 0 Å². The van der Waals surface area contributed by atoms with E-state index in [0.29, 0.717) is 17.9 Å². The van der Waals surface area contributed by atoms with E-state index in [1.807, 2.05) is 6.07 Å². The van der Waals surface area contributed by atoms with Crippen molar-refractivity contribution in [2.24, 2.45) is 5.92 Å². The standard InChI is InChI=1S/C16H23NO2/c1-3-8-17-9-10(2)15-11-5-7-14(18)16(19)12(11)4-6-13(15)17/h5,7,10,13,15,18-19H,3-4,6,8-9H2,1-2H3/t10-,13-,15+/m0/s1. The number of rotatable bonds is 2. The smallest absolute Gasteiger partial charge is 0.160 e. The lowest BCUT2D eigenvalue weighted by Crippen LogP contribution is -2.35. The second-order valence-corrected chi connectivity index (χ2v) is 6.11. The Kier molecular flexibility index (Phi) is 3.17. The van der Waals surface area contributed by atoms with Gasteiger partial charge in [0.15, 0.2) is 11.5 Å². The first kappa shape index (κ1) is 12.8. The van der Waals surface area contributed by atoms with Gasteiger partial charge in [-0.15, -0.1) is 0 Å². The maximum atomic E-state index is 10.1. The summed E-state index contributed by atoms with van der Waals surface area (Å²) >= 11 is 0. The number of hydrogen-bond acceptors (Lipinski definition) is 3. The molecule has 0 radical (unpaired) electrons. The number of nitrogens with zero attached hydrogens (tertiary/aromatic N) is 1. The van der Waals surface area contributed by atoms with Crippen LogP contribution in [-0.2, 0) is 6.42 Å². The molecule has 3 nitrogen and oxygen atoms in total. The van der Waals surface area contributed by atoms with Crippen LogP contribution in [0.3, 0.4) is 0 Å². The molecule has 3 heteroatoms. The highest BCUT2D eigenvalue weighted by Crippen LogP contribution is 2.48. The molecule has 0 bridgehead atoms. The minimum absolute atomic E-state index is 0.0215. The second-order valence-electron chi connectivity index (χ2n) is 6.11. The minimum atomic E-state index is 0.0215. The van der Waals surface area contributed by atoms with Gasteiger partial charge < -0.3 is 10.2 Å². The summed E-state index contributed by atoms with van der Waals surface area (Å²) in [5.74, 6) is 1.27. The van der Waals surface area contributed by atoms with E-state index in [0.717, 1.165) is 24.9 Å². The number of likely N-dealkylation sites (tertiary alicyclic amines) is 1. The van der Waals surface area contributed by atoms with Crippen LogP contribution in [0.4, 0.5) is 0 Å². The van der Waals surface area contributed by atoms with Crippen molar-refractivity contribution in [3.05, 3.63) is 23.3 Å². The second kappa shape index (κ2) is 4.71. The molecule has 0 spiro atoms. The van der Waals surface area contributed by atoms with Gasteiger partial charge in [0.25, 0.3) is 0 Å². The van der Waals surface area contributed by atoms with Gasteiger partial charge in [-0.3, -0.25) is 4.90 Å². The fourth-order valence-corrected chi connectivity index (χ4v) is 4.15. The Morgan fingerprint density at radius 1 is 1.32 bits per heavy atom. The number of fused-ring (bicyclic) bond motifs is 3. The summed E-state index contributed by atoms with van der Waals surface area (Å²) < 4.78 is 0. The van der Waals surface area contributed by atoms with Crippen LogP contribution in [0.5, 0.6) is 11.5 Å². The Bertz CT molecular complexity index is 486. The number of hydrogen-bond donors (Lipinski definition) is 2. The molecule has 2 aliphatic rings. The Labute approximate surface area is 114 Å². The molecule has 1 fully saturated rings. The predicted molar refractivity (Wildman–Crippen MR) is 75.6 cm³/mol. The molecule has 0 amide bonds. The zero-order valence-corrected chi connectivity index (χ0v) is 11.8. The molecule has 1 heterocycles. The van der Waals surface area contributed by atoms with Crippen LogP contribution in [0.2, 0.25) is 0 Å². The summed E-state index contributed by atoms with van der Waals surface area (Å²) in [5, 5.41) is 19.7. The third kappa shape index (κ3) is 1.91. The average molecular weight is 261 g/mol. The van der Waals surface area contributed by atoms with Gasteiger partial charge in [0.05, 0.1) is 0 Å². The molecule has 0 saturated carbocycles. The quantitative estimate of drug-likeness (QED) is 0.805. The van der Waals surface area contributed by atoms with Crippen LogP contribution < -0.4 is 0 Å². The summed E-state index contributed by atoms with van der Waals surface area (Å²) in [5.41, 5.74) is 2.24. The summed E-state index contributed by atoms with van der Waals surface area (Å²) in [6, 6.07) is 4.28. The molecule has 0 unspecified atom stereocenters. The molecule has 1 aliphatic heterocycles. The first-order valence-corrected chi connectivity index (χ1v) is 7.41. The van der Waals surface area contributed by atoms with Crippen molar-refractivity contribution in [2.45, 2.75) is 45.1 Å². The van der Waals surface area contributed by atoms with E-state index in [1.54, 1.807) is 6.07 Å². The van der Waals surface area contributed by atoms with Gasteiger partial charge in [0.2, 0.25) is 0 Å². The number of benzene rings is 1. The van der Waals surface area contributed by atoms with E-state index in [1.165, 1.54) is 18.5 Å². The van der Waals surface area contributed by atoms with Gasteiger partial charge >= 0.3 is 0 Å². The highest BCUT2D eigenvalue weighted by Gasteiger charge is 2.43. The number of aromatic hydroxyl groups is 2. The molecule has 1 aromatic rings. The summed E-state index contributed by atoms with van der Waals surface area (Å²) in [4.78, 5) is 2.61. The fourth-order valence-electron chi connectivity index (χ4n) is 4.15. The molecule has 1 aliphatic carbocycles. The van der Waals surface area contributed by atoms with Gasteiger partial charge in [-0.1, -0.05) is 19.9 Å². The topological polar surface area (TPSA) is 43.7 Å². The number of phenolic OH excluding ortho intramolecular Hbond substituents is 2. The fraction of sp³-hybridized carbons (Fsp3) is 0.625. The Morgan fingerprint density at radius 2 is 2.11 bits per heavy atom. The van der Waals surface area contributed by atoms with Crippen molar-refractivity contribution < 1.29 is 10.2 Å². The van der Waals surface area contributed by atoms with E-state index in [2.05, 4.69) is 18.7 Å². The van der Waals surface area contributed by atoms with Gasteiger partial charge in [-0.2, -0.15) is 0 Å². The molecule has 2 N–H and O–H groups in total.